The molecule has 0 aromatic heterocycles. The van der Waals surface area contributed by atoms with E-state index in [0.717, 1.165) is 32.1 Å². The van der Waals surface area contributed by atoms with E-state index in [1.165, 1.54) is 11.3 Å². The van der Waals surface area contributed by atoms with Crippen molar-refractivity contribution in [3.63, 3.8) is 0 Å². The van der Waals surface area contributed by atoms with Gasteiger partial charge in [0.1, 0.15) is 0 Å². The van der Waals surface area contributed by atoms with E-state index in [0.29, 0.717) is 0 Å². The Balaban J connectivity index is 2.13. The van der Waals surface area contributed by atoms with E-state index >= 15 is 0 Å². The molecule has 18 heavy (non-hydrogen) atoms. The Hall–Kier alpha value is -1.02. The van der Waals surface area contributed by atoms with Gasteiger partial charge in [0.15, 0.2) is 0 Å². The summed E-state index contributed by atoms with van der Waals surface area (Å²) in [4.78, 5) is 2.50. The van der Waals surface area contributed by atoms with Crippen LogP contribution in [0.2, 0.25) is 0 Å². The van der Waals surface area contributed by atoms with Crippen LogP contribution in [0.4, 0.5) is 5.69 Å². The number of rotatable bonds is 1. The van der Waals surface area contributed by atoms with E-state index in [4.69, 9.17) is 0 Å². The molecule has 0 radical (unpaired) electrons. The van der Waals surface area contributed by atoms with Crippen LogP contribution < -0.4 is 10.2 Å². The van der Waals surface area contributed by atoms with Crippen molar-refractivity contribution < 1.29 is 0 Å². The van der Waals surface area contributed by atoms with Crippen LogP contribution in [0.3, 0.4) is 0 Å². The quantitative estimate of drug-likeness (QED) is 0.819. The maximum Gasteiger partial charge on any atom is 0.0366 e. The summed E-state index contributed by atoms with van der Waals surface area (Å²) in [5.74, 6) is 0.717. The second-order valence-corrected chi connectivity index (χ2v) is 6.55. The van der Waals surface area contributed by atoms with Crippen molar-refractivity contribution in [2.75, 3.05) is 31.1 Å². The highest BCUT2D eigenvalue weighted by Gasteiger charge is 2.16. The molecular weight excluding hydrogens is 220 g/mol. The number of hydrogen-bond acceptors (Lipinski definition) is 2. The van der Waals surface area contributed by atoms with Gasteiger partial charge in [-0.05, 0) is 35.6 Å². The Morgan fingerprint density at radius 2 is 1.83 bits per heavy atom. The first kappa shape index (κ1) is 13.4. The molecule has 1 aliphatic heterocycles. The van der Waals surface area contributed by atoms with Gasteiger partial charge in [-0.3, -0.25) is 0 Å². The van der Waals surface area contributed by atoms with Crippen molar-refractivity contribution in [1.82, 2.24) is 5.32 Å². The minimum absolute atomic E-state index is 0.242. The highest BCUT2D eigenvalue weighted by Crippen LogP contribution is 2.25. The first-order chi connectivity index (χ1) is 8.47. The van der Waals surface area contributed by atoms with Crippen LogP contribution in [0.1, 0.15) is 33.3 Å². The lowest BCUT2D eigenvalue weighted by Gasteiger charge is -2.26. The number of anilines is 1. The van der Waals surface area contributed by atoms with Crippen LogP contribution in [-0.2, 0) is 5.41 Å². The Bertz CT molecular complexity index is 375. The number of benzene rings is 1. The molecule has 1 atom stereocenters. The minimum Gasteiger partial charge on any atom is -0.370 e. The summed E-state index contributed by atoms with van der Waals surface area (Å²) in [6, 6.07) is 9.11. The van der Waals surface area contributed by atoms with E-state index in [1.807, 2.05) is 0 Å². The highest BCUT2D eigenvalue weighted by molar-refractivity contribution is 5.48. The molecule has 1 aromatic carbocycles. The van der Waals surface area contributed by atoms with Crippen molar-refractivity contribution in [2.45, 2.75) is 33.1 Å². The van der Waals surface area contributed by atoms with Crippen molar-refractivity contribution in [2.24, 2.45) is 5.92 Å². The molecule has 0 saturated carbocycles. The third-order valence-electron chi connectivity index (χ3n) is 3.68. The predicted octanol–water partition coefficient (Wildman–Crippen LogP) is 3.03. The van der Waals surface area contributed by atoms with E-state index in [2.05, 4.69) is 62.2 Å². The van der Waals surface area contributed by atoms with Crippen LogP contribution in [0.25, 0.3) is 0 Å². The summed E-state index contributed by atoms with van der Waals surface area (Å²) < 4.78 is 0. The van der Waals surface area contributed by atoms with Crippen molar-refractivity contribution >= 4 is 5.69 Å². The molecule has 1 unspecified atom stereocenters. The van der Waals surface area contributed by atoms with Gasteiger partial charge < -0.3 is 10.2 Å². The largest absolute Gasteiger partial charge is 0.370 e. The topological polar surface area (TPSA) is 15.3 Å². The third-order valence-corrected chi connectivity index (χ3v) is 3.68. The van der Waals surface area contributed by atoms with Gasteiger partial charge in [0.2, 0.25) is 0 Å². The summed E-state index contributed by atoms with van der Waals surface area (Å²) in [6.45, 7) is 13.6. The number of nitrogens with one attached hydrogen (secondary N) is 1. The van der Waals surface area contributed by atoms with Gasteiger partial charge in [0.05, 0.1) is 0 Å². The SMILES string of the molecule is CC1CNCCN(c2ccc(C(C)(C)C)cc2)C1. The molecule has 1 N–H and O–H groups in total. The molecular formula is C16H26N2. The van der Waals surface area contributed by atoms with E-state index in [1.54, 1.807) is 0 Å². The fourth-order valence-corrected chi connectivity index (χ4v) is 2.50. The van der Waals surface area contributed by atoms with Crippen molar-refractivity contribution in [3.05, 3.63) is 29.8 Å². The zero-order valence-electron chi connectivity index (χ0n) is 12.2. The normalized spacial score (nSPS) is 21.8. The van der Waals surface area contributed by atoms with Gasteiger partial charge in [-0.2, -0.15) is 0 Å². The van der Waals surface area contributed by atoms with Gasteiger partial charge in [0, 0.05) is 25.3 Å². The lowest BCUT2D eigenvalue weighted by Crippen LogP contribution is -2.29. The third kappa shape index (κ3) is 3.26. The summed E-state index contributed by atoms with van der Waals surface area (Å²) >= 11 is 0. The molecule has 0 bridgehead atoms. The molecule has 1 saturated heterocycles. The molecule has 0 amide bonds. The lowest BCUT2D eigenvalue weighted by molar-refractivity contribution is 0.563. The lowest BCUT2D eigenvalue weighted by atomic mass is 9.87. The van der Waals surface area contributed by atoms with Crippen LogP contribution in [-0.4, -0.2) is 26.2 Å². The molecule has 2 heteroatoms. The zero-order valence-corrected chi connectivity index (χ0v) is 12.2. The van der Waals surface area contributed by atoms with Gasteiger partial charge in [-0.15, -0.1) is 0 Å². The number of nitrogens with zero attached hydrogens (tertiary/aromatic N) is 1. The maximum absolute atomic E-state index is 3.49. The predicted molar refractivity (Wildman–Crippen MR) is 79.4 cm³/mol. The van der Waals surface area contributed by atoms with E-state index in [9.17, 15) is 0 Å². The molecule has 1 aromatic rings. The summed E-state index contributed by atoms with van der Waals surface area (Å²) in [7, 11) is 0. The second kappa shape index (κ2) is 5.31. The van der Waals surface area contributed by atoms with E-state index < -0.39 is 0 Å². The molecule has 100 valence electrons. The first-order valence-corrected chi connectivity index (χ1v) is 7.03. The smallest absolute Gasteiger partial charge is 0.0366 e. The molecule has 0 spiro atoms. The Morgan fingerprint density at radius 1 is 1.17 bits per heavy atom. The summed E-state index contributed by atoms with van der Waals surface area (Å²) in [5, 5.41) is 3.49. The van der Waals surface area contributed by atoms with Crippen molar-refractivity contribution in [3.8, 4) is 0 Å². The average molecular weight is 246 g/mol. The van der Waals surface area contributed by atoms with Gasteiger partial charge in [-0.25, -0.2) is 0 Å². The van der Waals surface area contributed by atoms with Crippen LogP contribution >= 0.6 is 0 Å². The molecule has 1 aliphatic rings. The molecule has 2 rings (SSSR count). The molecule has 0 aliphatic carbocycles. The van der Waals surface area contributed by atoms with Gasteiger partial charge in [0.25, 0.3) is 0 Å². The summed E-state index contributed by atoms with van der Waals surface area (Å²) in [5.41, 5.74) is 3.01. The maximum atomic E-state index is 3.49. The fraction of sp³-hybridized carbons (Fsp3) is 0.625. The molecule has 2 nitrogen and oxygen atoms in total. The van der Waals surface area contributed by atoms with Gasteiger partial charge >= 0.3 is 0 Å². The Morgan fingerprint density at radius 3 is 2.44 bits per heavy atom. The monoisotopic (exact) mass is 246 g/mol. The second-order valence-electron chi connectivity index (χ2n) is 6.55. The first-order valence-electron chi connectivity index (χ1n) is 7.03. The summed E-state index contributed by atoms with van der Waals surface area (Å²) in [6.07, 6.45) is 0. The minimum atomic E-state index is 0.242. The van der Waals surface area contributed by atoms with Gasteiger partial charge in [-0.1, -0.05) is 39.8 Å². The van der Waals surface area contributed by atoms with Crippen LogP contribution in [0.15, 0.2) is 24.3 Å². The van der Waals surface area contributed by atoms with E-state index in [-0.39, 0.29) is 5.41 Å². The standard InChI is InChI=1S/C16H26N2/c1-13-11-17-9-10-18(12-13)15-7-5-14(6-8-15)16(2,3)4/h5-8,13,17H,9-12H2,1-4H3. The zero-order chi connectivity index (χ0) is 13.2. The van der Waals surface area contributed by atoms with Crippen LogP contribution in [0.5, 0.6) is 0 Å². The highest BCUT2D eigenvalue weighted by atomic mass is 15.2. The average Bonchev–Trinajstić information content (AvgIpc) is 2.53. The van der Waals surface area contributed by atoms with Crippen molar-refractivity contribution in [1.29, 1.82) is 0 Å². The Kier molecular flexibility index (Phi) is 3.96. The molecule has 1 heterocycles. The fourth-order valence-electron chi connectivity index (χ4n) is 2.50. The Labute approximate surface area is 111 Å². The molecule has 1 fully saturated rings. The van der Waals surface area contributed by atoms with Crippen LogP contribution in [0, 0.1) is 5.92 Å². The number of hydrogen-bond donors (Lipinski definition) is 1.